The number of likely N-dealkylation sites (N-methyl/N-ethyl adjacent to an activating group) is 1. The molecule has 1 amide bonds. The van der Waals surface area contributed by atoms with Gasteiger partial charge in [-0.3, -0.25) is 14.5 Å². The minimum atomic E-state index is -0.243. The highest BCUT2D eigenvalue weighted by Crippen LogP contribution is 2.22. The van der Waals surface area contributed by atoms with Crippen LogP contribution in [0.2, 0.25) is 0 Å². The topological polar surface area (TPSA) is 49.9 Å². The Morgan fingerprint density at radius 2 is 2.00 bits per heavy atom. The van der Waals surface area contributed by atoms with Gasteiger partial charge in [0.2, 0.25) is 5.91 Å². The molecule has 0 saturated carbocycles. The second-order valence-corrected chi connectivity index (χ2v) is 4.25. The highest BCUT2D eigenvalue weighted by atomic mass is 16.5. The Morgan fingerprint density at radius 1 is 1.41 bits per heavy atom. The van der Waals surface area contributed by atoms with Crippen molar-refractivity contribution in [3.05, 3.63) is 0 Å². The first-order valence-corrected chi connectivity index (χ1v) is 6.19. The molecular formula is C12H22N2O3. The Labute approximate surface area is 103 Å². The number of esters is 1. The maximum atomic E-state index is 12.1. The molecule has 1 heterocycles. The third kappa shape index (κ3) is 2.77. The van der Waals surface area contributed by atoms with Crippen molar-refractivity contribution in [2.24, 2.45) is 0 Å². The largest absolute Gasteiger partial charge is 0.468 e. The second-order valence-electron chi connectivity index (χ2n) is 4.25. The molecular weight excluding hydrogens is 220 g/mol. The molecule has 5 heteroatoms. The van der Waals surface area contributed by atoms with Crippen LogP contribution in [0.4, 0.5) is 0 Å². The number of ether oxygens (including phenoxy) is 1. The Hall–Kier alpha value is -1.10. The van der Waals surface area contributed by atoms with Gasteiger partial charge in [0, 0.05) is 19.6 Å². The van der Waals surface area contributed by atoms with Crippen molar-refractivity contribution >= 4 is 11.9 Å². The summed E-state index contributed by atoms with van der Waals surface area (Å²) in [5, 5.41) is 0. The molecule has 0 aromatic carbocycles. The maximum absolute atomic E-state index is 12.1. The van der Waals surface area contributed by atoms with E-state index in [4.69, 9.17) is 4.74 Å². The first-order chi connectivity index (χ1) is 8.06. The number of carbonyl (C=O) groups excluding carboxylic acids is 2. The lowest BCUT2D eigenvalue weighted by atomic mass is 9.99. The monoisotopic (exact) mass is 242 g/mol. The van der Waals surface area contributed by atoms with Gasteiger partial charge in [0.1, 0.15) is 6.04 Å². The van der Waals surface area contributed by atoms with E-state index in [0.717, 1.165) is 13.0 Å². The van der Waals surface area contributed by atoms with Crippen molar-refractivity contribution in [1.29, 1.82) is 0 Å². The van der Waals surface area contributed by atoms with Gasteiger partial charge in [0.05, 0.1) is 13.2 Å². The van der Waals surface area contributed by atoms with Gasteiger partial charge in [-0.25, -0.2) is 0 Å². The average molecular weight is 242 g/mol. The molecule has 17 heavy (non-hydrogen) atoms. The van der Waals surface area contributed by atoms with Crippen molar-refractivity contribution < 1.29 is 14.3 Å². The highest BCUT2D eigenvalue weighted by Gasteiger charge is 2.40. The summed E-state index contributed by atoms with van der Waals surface area (Å²) in [5.74, 6) is -0.154. The molecule has 1 aliphatic rings. The fourth-order valence-corrected chi connectivity index (χ4v) is 2.20. The minimum Gasteiger partial charge on any atom is -0.468 e. The SMILES string of the molecule is CCN(CC)C(=O)C(C)N1CCC1C(=O)OC. The van der Waals surface area contributed by atoms with Crippen LogP contribution in [0.25, 0.3) is 0 Å². The van der Waals surface area contributed by atoms with Crippen LogP contribution in [0.5, 0.6) is 0 Å². The summed E-state index contributed by atoms with van der Waals surface area (Å²) < 4.78 is 4.72. The van der Waals surface area contributed by atoms with E-state index in [9.17, 15) is 9.59 Å². The first-order valence-electron chi connectivity index (χ1n) is 6.19. The average Bonchev–Trinajstić information content (AvgIpc) is 2.28. The van der Waals surface area contributed by atoms with Crippen molar-refractivity contribution in [2.45, 2.75) is 39.3 Å². The summed E-state index contributed by atoms with van der Waals surface area (Å²) in [7, 11) is 1.38. The predicted molar refractivity (Wildman–Crippen MR) is 64.5 cm³/mol. The second kappa shape index (κ2) is 6.00. The number of nitrogens with zero attached hydrogens (tertiary/aromatic N) is 2. The van der Waals surface area contributed by atoms with Gasteiger partial charge in [0.15, 0.2) is 0 Å². The van der Waals surface area contributed by atoms with Gasteiger partial charge >= 0.3 is 5.97 Å². The van der Waals surface area contributed by atoms with Crippen molar-refractivity contribution in [3.8, 4) is 0 Å². The minimum absolute atomic E-state index is 0.0867. The molecule has 98 valence electrons. The van der Waals surface area contributed by atoms with E-state index in [1.54, 1.807) is 4.90 Å². The summed E-state index contributed by atoms with van der Waals surface area (Å²) in [5.41, 5.74) is 0. The molecule has 1 fully saturated rings. The van der Waals surface area contributed by atoms with Gasteiger partial charge in [-0.15, -0.1) is 0 Å². The lowest BCUT2D eigenvalue weighted by Gasteiger charge is -2.43. The lowest BCUT2D eigenvalue weighted by Crippen LogP contribution is -2.60. The number of rotatable bonds is 5. The molecule has 2 atom stereocenters. The molecule has 0 radical (unpaired) electrons. The zero-order valence-electron chi connectivity index (χ0n) is 11.1. The normalized spacial score (nSPS) is 21.5. The summed E-state index contributed by atoms with van der Waals surface area (Å²) in [6.45, 7) is 7.97. The molecule has 0 bridgehead atoms. The van der Waals surface area contributed by atoms with E-state index in [-0.39, 0.29) is 24.0 Å². The van der Waals surface area contributed by atoms with Crippen LogP contribution in [0.3, 0.4) is 0 Å². The molecule has 1 aliphatic heterocycles. The number of likely N-dealkylation sites (tertiary alicyclic amines) is 1. The molecule has 0 N–H and O–H groups in total. The predicted octanol–water partition coefficient (Wildman–Crippen LogP) is 0.491. The van der Waals surface area contributed by atoms with E-state index in [1.807, 2.05) is 25.7 Å². The smallest absolute Gasteiger partial charge is 0.323 e. The van der Waals surface area contributed by atoms with E-state index in [0.29, 0.717) is 13.1 Å². The van der Waals surface area contributed by atoms with Crippen LogP contribution < -0.4 is 0 Å². The molecule has 5 nitrogen and oxygen atoms in total. The summed E-state index contributed by atoms with van der Waals surface area (Å²) in [4.78, 5) is 27.3. The van der Waals surface area contributed by atoms with Crippen molar-refractivity contribution in [2.75, 3.05) is 26.7 Å². The molecule has 0 aromatic heterocycles. The van der Waals surface area contributed by atoms with Gasteiger partial charge in [0.25, 0.3) is 0 Å². The molecule has 0 aromatic rings. The Bertz CT molecular complexity index is 289. The number of amides is 1. The third-order valence-electron chi connectivity index (χ3n) is 3.46. The molecule has 1 rings (SSSR count). The Morgan fingerprint density at radius 3 is 2.35 bits per heavy atom. The lowest BCUT2D eigenvalue weighted by molar-refractivity contribution is -0.157. The van der Waals surface area contributed by atoms with Gasteiger partial charge < -0.3 is 9.64 Å². The number of methoxy groups -OCH3 is 1. The molecule has 1 saturated heterocycles. The summed E-state index contributed by atoms with van der Waals surface area (Å²) in [6, 6.07) is -0.484. The molecule has 0 aliphatic carbocycles. The fourth-order valence-electron chi connectivity index (χ4n) is 2.20. The summed E-state index contributed by atoms with van der Waals surface area (Å²) in [6.07, 6.45) is 0.780. The van der Waals surface area contributed by atoms with Crippen LogP contribution in [-0.2, 0) is 14.3 Å². The Balaban J connectivity index is 2.61. The standard InChI is InChI=1S/C12H22N2O3/c1-5-13(6-2)11(15)9(3)14-8-7-10(14)12(16)17-4/h9-10H,5-8H2,1-4H3. The zero-order valence-corrected chi connectivity index (χ0v) is 11.1. The van der Waals surface area contributed by atoms with E-state index in [2.05, 4.69) is 0 Å². The van der Waals surface area contributed by atoms with Crippen LogP contribution in [-0.4, -0.2) is 60.5 Å². The van der Waals surface area contributed by atoms with Crippen LogP contribution in [0.15, 0.2) is 0 Å². The molecule has 0 spiro atoms. The highest BCUT2D eigenvalue weighted by molar-refractivity contribution is 5.83. The van der Waals surface area contributed by atoms with Gasteiger partial charge in [-0.2, -0.15) is 0 Å². The third-order valence-corrected chi connectivity index (χ3v) is 3.46. The van der Waals surface area contributed by atoms with Crippen LogP contribution in [0.1, 0.15) is 27.2 Å². The van der Waals surface area contributed by atoms with E-state index >= 15 is 0 Å². The Kier molecular flexibility index (Phi) is 4.93. The molecule has 2 unspecified atom stereocenters. The van der Waals surface area contributed by atoms with E-state index in [1.165, 1.54) is 7.11 Å². The maximum Gasteiger partial charge on any atom is 0.323 e. The number of hydrogen-bond donors (Lipinski definition) is 0. The van der Waals surface area contributed by atoms with Gasteiger partial charge in [-0.1, -0.05) is 0 Å². The van der Waals surface area contributed by atoms with Crippen LogP contribution >= 0.6 is 0 Å². The fraction of sp³-hybridized carbons (Fsp3) is 0.833. The van der Waals surface area contributed by atoms with E-state index < -0.39 is 0 Å². The number of hydrogen-bond acceptors (Lipinski definition) is 4. The zero-order chi connectivity index (χ0) is 13.0. The number of carbonyl (C=O) groups is 2. The van der Waals surface area contributed by atoms with Crippen LogP contribution in [0, 0.1) is 0 Å². The summed E-state index contributed by atoms with van der Waals surface area (Å²) >= 11 is 0. The van der Waals surface area contributed by atoms with Gasteiger partial charge in [-0.05, 0) is 27.2 Å². The first kappa shape index (κ1) is 14.0. The van der Waals surface area contributed by atoms with Crippen molar-refractivity contribution in [3.63, 3.8) is 0 Å². The quantitative estimate of drug-likeness (QED) is 0.658. The van der Waals surface area contributed by atoms with Crippen molar-refractivity contribution in [1.82, 2.24) is 9.80 Å².